The van der Waals surface area contributed by atoms with E-state index in [4.69, 9.17) is 6.42 Å². The van der Waals surface area contributed by atoms with Gasteiger partial charge < -0.3 is 6.42 Å². The molecule has 0 aliphatic heterocycles. The molecule has 0 atom stereocenters. The minimum Gasteiger partial charge on any atom is -0.366 e. The Hall–Kier alpha value is -0.103. The fourth-order valence-electron chi connectivity index (χ4n) is 0. The van der Waals surface area contributed by atoms with Crippen LogP contribution in [0.3, 0.4) is 0 Å². The van der Waals surface area contributed by atoms with E-state index < -0.39 is 0 Å². The van der Waals surface area contributed by atoms with E-state index in [1.807, 2.05) is 5.92 Å². The SMILES string of the molecule is [C-]#CC=C.[Li+]. The summed E-state index contributed by atoms with van der Waals surface area (Å²) in [6.45, 7) is 3.18. The summed E-state index contributed by atoms with van der Waals surface area (Å²) in [5.41, 5.74) is 0. The third kappa shape index (κ3) is 17.4. The molecule has 0 amide bonds. The first-order chi connectivity index (χ1) is 1.91. The summed E-state index contributed by atoms with van der Waals surface area (Å²) in [5.74, 6) is 1.94. The van der Waals surface area contributed by atoms with Gasteiger partial charge in [-0.15, -0.1) is 0 Å². The van der Waals surface area contributed by atoms with Gasteiger partial charge in [-0.3, -0.25) is 5.92 Å². The third-order valence-electron chi connectivity index (χ3n) is 0.102. The minimum atomic E-state index is 0. The van der Waals surface area contributed by atoms with E-state index in [-0.39, 0.29) is 18.9 Å². The van der Waals surface area contributed by atoms with Gasteiger partial charge in [0.1, 0.15) is 0 Å². The first-order valence-electron chi connectivity index (χ1n) is 0.947. The molecule has 0 bridgehead atoms. The van der Waals surface area contributed by atoms with E-state index in [2.05, 4.69) is 6.58 Å². The number of allylic oxidation sites excluding steroid dienone is 1. The van der Waals surface area contributed by atoms with Crippen LogP contribution in [0.15, 0.2) is 12.7 Å². The molecule has 0 saturated carbocycles. The van der Waals surface area contributed by atoms with E-state index in [0.717, 1.165) is 0 Å². The predicted octanol–water partition coefficient (Wildman–Crippen LogP) is -2.23. The zero-order valence-corrected chi connectivity index (χ0v) is 3.28. The molecule has 0 fully saturated rings. The van der Waals surface area contributed by atoms with Crippen molar-refractivity contribution in [3.05, 3.63) is 19.1 Å². The normalized spacial score (nSPS) is 3.00. The average Bonchev–Trinajstić information content (AvgIpc) is 1.37. The van der Waals surface area contributed by atoms with Crippen LogP contribution in [0, 0.1) is 12.3 Å². The van der Waals surface area contributed by atoms with Gasteiger partial charge in [-0.05, 0) is 0 Å². The molecule has 0 aliphatic rings. The summed E-state index contributed by atoms with van der Waals surface area (Å²) < 4.78 is 0. The summed E-state index contributed by atoms with van der Waals surface area (Å²) >= 11 is 0. The molecule has 0 rings (SSSR count). The number of hydrogen-bond donors (Lipinski definition) is 0. The minimum absolute atomic E-state index is 0. The maximum Gasteiger partial charge on any atom is 1.00 e. The van der Waals surface area contributed by atoms with Crippen LogP contribution < -0.4 is 18.9 Å². The van der Waals surface area contributed by atoms with Crippen LogP contribution in [-0.2, 0) is 0 Å². The van der Waals surface area contributed by atoms with E-state index in [9.17, 15) is 0 Å². The molecule has 0 aromatic carbocycles. The predicted molar refractivity (Wildman–Crippen MR) is 17.3 cm³/mol. The molecule has 0 nitrogen and oxygen atoms in total. The molecule has 5 heavy (non-hydrogen) atoms. The molecule has 0 aromatic heterocycles. The van der Waals surface area contributed by atoms with Crippen molar-refractivity contribution < 1.29 is 18.9 Å². The van der Waals surface area contributed by atoms with E-state index in [0.29, 0.717) is 0 Å². The summed E-state index contributed by atoms with van der Waals surface area (Å²) in [7, 11) is 0. The molecule has 0 spiro atoms. The molecule has 0 N–H and O–H groups in total. The monoisotopic (exact) mass is 58.0 g/mol. The Kier molecular flexibility index (Phi) is 16.1. The maximum atomic E-state index is 6.08. The number of rotatable bonds is 0. The molecule has 0 unspecified atom stereocenters. The summed E-state index contributed by atoms with van der Waals surface area (Å²) in [5, 5.41) is 0. The topological polar surface area (TPSA) is 0 Å². The van der Waals surface area contributed by atoms with Crippen molar-refractivity contribution in [1.82, 2.24) is 0 Å². The molecule has 1 heteroatoms. The fourth-order valence-corrected chi connectivity index (χ4v) is 0. The van der Waals surface area contributed by atoms with Crippen LogP contribution in [0.5, 0.6) is 0 Å². The second kappa shape index (κ2) is 9.09. The number of hydrogen-bond acceptors (Lipinski definition) is 0. The van der Waals surface area contributed by atoms with E-state index >= 15 is 0 Å². The van der Waals surface area contributed by atoms with E-state index in [1.54, 1.807) is 0 Å². The molecule has 0 heterocycles. The largest absolute Gasteiger partial charge is 1.00 e. The Morgan fingerprint density at radius 3 is 2.00 bits per heavy atom. The average molecular weight is 58.0 g/mol. The van der Waals surface area contributed by atoms with Crippen LogP contribution in [0.1, 0.15) is 0 Å². The van der Waals surface area contributed by atoms with Gasteiger partial charge in [0, 0.05) is 0 Å². The van der Waals surface area contributed by atoms with Crippen molar-refractivity contribution in [3.8, 4) is 5.92 Å². The fraction of sp³-hybridized carbons (Fsp3) is 0. The van der Waals surface area contributed by atoms with Gasteiger partial charge in [-0.1, -0.05) is 0 Å². The first-order valence-corrected chi connectivity index (χ1v) is 0.947. The molecule has 0 aromatic rings. The van der Waals surface area contributed by atoms with Gasteiger partial charge >= 0.3 is 18.9 Å². The molecular weight excluding hydrogens is 55.0 g/mol. The Morgan fingerprint density at radius 2 is 2.00 bits per heavy atom. The first kappa shape index (κ1) is 8.86. The smallest absolute Gasteiger partial charge is 0.366 e. The van der Waals surface area contributed by atoms with E-state index in [1.165, 1.54) is 6.08 Å². The maximum absolute atomic E-state index is 6.08. The van der Waals surface area contributed by atoms with Crippen LogP contribution in [0.4, 0.5) is 0 Å². The van der Waals surface area contributed by atoms with Crippen LogP contribution in [-0.4, -0.2) is 0 Å². The van der Waals surface area contributed by atoms with Gasteiger partial charge in [0.05, 0.1) is 0 Å². The summed E-state index contributed by atoms with van der Waals surface area (Å²) in [6.07, 6.45) is 7.38. The van der Waals surface area contributed by atoms with Crippen molar-refractivity contribution in [2.75, 3.05) is 0 Å². The Bertz CT molecular complexity index is 49.2. The Morgan fingerprint density at radius 1 is 1.80 bits per heavy atom. The third-order valence-corrected chi connectivity index (χ3v) is 0.102. The van der Waals surface area contributed by atoms with Crippen molar-refractivity contribution in [3.63, 3.8) is 0 Å². The van der Waals surface area contributed by atoms with Gasteiger partial charge in [0.15, 0.2) is 0 Å². The Labute approximate surface area is 44.4 Å². The van der Waals surface area contributed by atoms with Crippen LogP contribution in [0.2, 0.25) is 0 Å². The standard InChI is InChI=1S/C4H3.Li/c1-3-4-2;/h3H,1H2;/q-1;+1. The van der Waals surface area contributed by atoms with Crippen molar-refractivity contribution in [2.24, 2.45) is 0 Å². The summed E-state index contributed by atoms with van der Waals surface area (Å²) in [4.78, 5) is 0. The van der Waals surface area contributed by atoms with Crippen molar-refractivity contribution in [1.29, 1.82) is 0 Å². The van der Waals surface area contributed by atoms with Crippen LogP contribution >= 0.6 is 0 Å². The van der Waals surface area contributed by atoms with Crippen molar-refractivity contribution >= 4 is 0 Å². The molecular formula is C4H3Li. The van der Waals surface area contributed by atoms with Gasteiger partial charge in [-0.25, -0.2) is 0 Å². The zero-order chi connectivity index (χ0) is 3.41. The molecule has 0 saturated heterocycles. The Balaban J connectivity index is 0. The van der Waals surface area contributed by atoms with Crippen molar-refractivity contribution in [2.45, 2.75) is 0 Å². The molecule has 0 aliphatic carbocycles. The second-order valence-corrected chi connectivity index (χ2v) is 0.348. The molecule has 20 valence electrons. The quantitative estimate of drug-likeness (QED) is 0.168. The summed E-state index contributed by atoms with van der Waals surface area (Å²) in [6, 6.07) is 0. The second-order valence-electron chi connectivity index (χ2n) is 0.348. The van der Waals surface area contributed by atoms with Gasteiger partial charge in [-0.2, -0.15) is 12.7 Å². The van der Waals surface area contributed by atoms with Crippen LogP contribution in [0.25, 0.3) is 0 Å². The zero-order valence-electron chi connectivity index (χ0n) is 3.28. The van der Waals surface area contributed by atoms with Gasteiger partial charge in [0.25, 0.3) is 0 Å². The van der Waals surface area contributed by atoms with Gasteiger partial charge in [0.2, 0.25) is 0 Å². The molecule has 0 radical (unpaired) electrons.